The lowest BCUT2D eigenvalue weighted by Gasteiger charge is -2.11. The Balaban J connectivity index is 3.08. The summed E-state index contributed by atoms with van der Waals surface area (Å²) < 4.78 is 67.3. The summed E-state index contributed by atoms with van der Waals surface area (Å²) in [6.07, 6.45) is 0.900. The van der Waals surface area contributed by atoms with Gasteiger partial charge in [-0.25, -0.2) is 25.9 Å². The third-order valence-corrected chi connectivity index (χ3v) is 5.29. The Hall–Kier alpha value is -0.740. The van der Waals surface area contributed by atoms with Crippen LogP contribution in [-0.4, -0.2) is 48.7 Å². The monoisotopic (exact) mass is 359 g/mol. The van der Waals surface area contributed by atoms with Crippen LogP contribution in [0.4, 0.5) is 4.39 Å². The van der Waals surface area contributed by atoms with Gasteiger partial charge in [0.2, 0.25) is 10.0 Å². The number of methoxy groups -OCH3 is 1. The van der Waals surface area contributed by atoms with Gasteiger partial charge in [0.15, 0.2) is 9.84 Å². The Kier molecular flexibility index (Phi) is 6.11. The molecule has 0 saturated heterocycles. The maximum absolute atomic E-state index is 13.7. The Morgan fingerprint density at radius 1 is 1.33 bits per heavy atom. The van der Waals surface area contributed by atoms with Crippen LogP contribution in [0.3, 0.4) is 0 Å². The zero-order chi connectivity index (χ0) is 16.3. The second-order valence-electron chi connectivity index (χ2n) is 4.27. The molecule has 0 bridgehead atoms. The first-order valence-electron chi connectivity index (χ1n) is 5.70. The number of hydrogen-bond donors (Lipinski definition) is 1. The summed E-state index contributed by atoms with van der Waals surface area (Å²) in [5.74, 6) is -1.05. The normalized spacial score (nSPS) is 14.1. The highest BCUT2D eigenvalue weighted by Crippen LogP contribution is 2.19. The quantitative estimate of drug-likeness (QED) is 0.573. The van der Waals surface area contributed by atoms with Gasteiger partial charge >= 0.3 is 0 Å². The molecule has 1 rings (SSSR count). The van der Waals surface area contributed by atoms with Crippen LogP contribution in [-0.2, 0) is 24.6 Å². The number of alkyl halides is 1. The summed E-state index contributed by atoms with van der Waals surface area (Å²) >= 11 is 5.78. The molecule has 0 heterocycles. The molecule has 0 aliphatic heterocycles. The predicted molar refractivity (Wildman–Crippen MR) is 76.2 cm³/mol. The molecule has 1 aromatic carbocycles. The van der Waals surface area contributed by atoms with Gasteiger partial charge in [0.1, 0.15) is 10.7 Å². The summed E-state index contributed by atoms with van der Waals surface area (Å²) in [5.41, 5.74) is 0. The molecule has 6 nitrogen and oxygen atoms in total. The third-order valence-electron chi connectivity index (χ3n) is 2.46. The van der Waals surface area contributed by atoms with Crippen LogP contribution >= 0.6 is 11.6 Å². The van der Waals surface area contributed by atoms with Crippen molar-refractivity contribution in [3.63, 3.8) is 0 Å². The molecule has 120 valence electrons. The molecule has 0 saturated carbocycles. The first-order chi connectivity index (χ1) is 9.58. The van der Waals surface area contributed by atoms with Crippen LogP contribution in [0.15, 0.2) is 28.0 Å². The van der Waals surface area contributed by atoms with Crippen molar-refractivity contribution in [1.29, 1.82) is 0 Å². The molecule has 1 aromatic rings. The Labute approximate surface area is 128 Å². The molecule has 0 amide bonds. The Morgan fingerprint density at radius 3 is 2.48 bits per heavy atom. The molecule has 1 N–H and O–H groups in total. The maximum Gasteiger partial charge on any atom is 0.243 e. The molecule has 10 heteroatoms. The van der Waals surface area contributed by atoms with Crippen molar-refractivity contribution < 1.29 is 26.0 Å². The summed E-state index contributed by atoms with van der Waals surface area (Å²) in [4.78, 5) is -1.03. The minimum atomic E-state index is -4.22. The maximum atomic E-state index is 13.7. The van der Waals surface area contributed by atoms with Crippen molar-refractivity contribution >= 4 is 31.5 Å². The van der Waals surface area contributed by atoms with E-state index >= 15 is 0 Å². The van der Waals surface area contributed by atoms with E-state index in [4.69, 9.17) is 16.3 Å². The van der Waals surface area contributed by atoms with Gasteiger partial charge in [0.05, 0.1) is 16.9 Å². The largest absolute Gasteiger partial charge is 0.383 e. The number of sulfonamides is 1. The van der Waals surface area contributed by atoms with E-state index in [9.17, 15) is 21.2 Å². The Bertz CT molecular complexity index is 705. The van der Waals surface area contributed by atoms with E-state index in [0.717, 1.165) is 24.5 Å². The second kappa shape index (κ2) is 7.01. The molecule has 0 aliphatic carbocycles. The number of benzene rings is 1. The summed E-state index contributed by atoms with van der Waals surface area (Å²) in [6, 6.07) is 2.56. The van der Waals surface area contributed by atoms with Gasteiger partial charge in [0.25, 0.3) is 0 Å². The lowest BCUT2D eigenvalue weighted by atomic mass is 10.3. The van der Waals surface area contributed by atoms with Crippen molar-refractivity contribution in [3.8, 4) is 0 Å². The van der Waals surface area contributed by atoms with E-state index in [1.54, 1.807) is 0 Å². The van der Waals surface area contributed by atoms with Gasteiger partial charge in [-0.1, -0.05) is 0 Å². The molecule has 0 aromatic heterocycles. The smallest absolute Gasteiger partial charge is 0.243 e. The summed E-state index contributed by atoms with van der Waals surface area (Å²) in [5, 5.41) is -0.633. The fourth-order valence-corrected chi connectivity index (χ4v) is 3.64. The highest BCUT2D eigenvalue weighted by Gasteiger charge is 2.22. The minimum absolute atomic E-state index is 0.107. The lowest BCUT2D eigenvalue weighted by molar-refractivity contribution is 0.198. The first kappa shape index (κ1) is 18.3. The number of hydrogen-bond acceptors (Lipinski definition) is 5. The molecular weight excluding hydrogens is 345 g/mol. The Morgan fingerprint density at radius 2 is 1.95 bits per heavy atom. The fraction of sp³-hybridized carbons (Fsp3) is 0.455. The van der Waals surface area contributed by atoms with Crippen molar-refractivity contribution in [2.75, 3.05) is 26.5 Å². The third kappa shape index (κ3) is 5.19. The number of nitrogens with one attached hydrogen (secondary N) is 1. The highest BCUT2D eigenvalue weighted by atomic mass is 35.5. The minimum Gasteiger partial charge on any atom is -0.383 e. The topological polar surface area (TPSA) is 89.5 Å². The summed E-state index contributed by atoms with van der Waals surface area (Å²) in [7, 11) is -6.46. The number of ether oxygens (including phenoxy) is 1. The molecule has 21 heavy (non-hydrogen) atoms. The van der Waals surface area contributed by atoms with Crippen LogP contribution in [0.1, 0.15) is 0 Å². The van der Waals surface area contributed by atoms with Gasteiger partial charge in [-0.2, -0.15) is 0 Å². The zero-order valence-corrected chi connectivity index (χ0v) is 13.7. The van der Waals surface area contributed by atoms with E-state index in [1.165, 1.54) is 7.11 Å². The van der Waals surface area contributed by atoms with E-state index in [1.807, 2.05) is 0 Å². The van der Waals surface area contributed by atoms with Crippen molar-refractivity contribution in [3.05, 3.63) is 24.0 Å². The average Bonchev–Trinajstić information content (AvgIpc) is 2.36. The molecule has 1 unspecified atom stereocenters. The second-order valence-corrected chi connectivity index (χ2v) is 8.64. The highest BCUT2D eigenvalue weighted by molar-refractivity contribution is 7.91. The lowest BCUT2D eigenvalue weighted by Crippen LogP contribution is -2.32. The first-order valence-corrected chi connectivity index (χ1v) is 9.51. The van der Waals surface area contributed by atoms with Gasteiger partial charge < -0.3 is 4.74 Å². The van der Waals surface area contributed by atoms with Crippen LogP contribution in [0.5, 0.6) is 0 Å². The van der Waals surface area contributed by atoms with Crippen molar-refractivity contribution in [1.82, 2.24) is 4.72 Å². The molecular formula is C11H15ClFNO5S2. The van der Waals surface area contributed by atoms with E-state index in [-0.39, 0.29) is 18.0 Å². The van der Waals surface area contributed by atoms with Crippen LogP contribution in [0.2, 0.25) is 0 Å². The van der Waals surface area contributed by atoms with Crippen LogP contribution in [0.25, 0.3) is 0 Å². The zero-order valence-electron chi connectivity index (χ0n) is 11.3. The van der Waals surface area contributed by atoms with Gasteiger partial charge in [-0.05, 0) is 18.2 Å². The van der Waals surface area contributed by atoms with Crippen molar-refractivity contribution in [2.45, 2.75) is 15.2 Å². The van der Waals surface area contributed by atoms with Crippen LogP contribution < -0.4 is 4.72 Å². The van der Waals surface area contributed by atoms with E-state index < -0.39 is 36.0 Å². The van der Waals surface area contributed by atoms with Gasteiger partial charge in [0, 0.05) is 19.9 Å². The predicted octanol–water partition coefficient (Wildman–Crippen LogP) is 0.761. The number of rotatable bonds is 7. The van der Waals surface area contributed by atoms with Crippen LogP contribution in [0, 0.1) is 5.82 Å². The number of halogens is 2. The van der Waals surface area contributed by atoms with Gasteiger partial charge in [-0.15, -0.1) is 11.6 Å². The molecule has 1 atom stereocenters. The van der Waals surface area contributed by atoms with Crippen molar-refractivity contribution in [2.24, 2.45) is 0 Å². The molecule has 0 aliphatic rings. The average molecular weight is 360 g/mol. The van der Waals surface area contributed by atoms with E-state index in [2.05, 4.69) is 4.72 Å². The molecule has 0 radical (unpaired) electrons. The molecule has 0 spiro atoms. The van der Waals surface area contributed by atoms with E-state index in [0.29, 0.717) is 0 Å². The SMILES string of the molecule is COCC(Cl)CNS(=O)(=O)c1cc(S(C)(=O)=O)ccc1F. The number of sulfone groups is 1. The fourth-order valence-electron chi connectivity index (χ4n) is 1.44. The standard InChI is InChI=1S/C11H15ClFNO5S2/c1-19-7-8(12)6-14-21(17,18)11-5-9(20(2,15)16)3-4-10(11)13/h3-5,8,14H,6-7H2,1-2H3. The summed E-state index contributed by atoms with van der Waals surface area (Å²) in [6.45, 7) is -0.0732. The molecule has 0 fully saturated rings. The van der Waals surface area contributed by atoms with Gasteiger partial charge in [-0.3, -0.25) is 0 Å².